The number of aromatic nitrogens is 4. The van der Waals surface area contributed by atoms with Gasteiger partial charge in [0.05, 0.1) is 16.6 Å². The smallest absolute Gasteiger partial charge is 0.355 e. The van der Waals surface area contributed by atoms with Crippen LogP contribution in [0.1, 0.15) is 57.6 Å². The Balaban J connectivity index is 1.60. The van der Waals surface area contributed by atoms with E-state index in [4.69, 9.17) is 4.74 Å². The van der Waals surface area contributed by atoms with Gasteiger partial charge in [-0.25, -0.2) is 27.2 Å². The molecule has 0 unspecified atom stereocenters. The van der Waals surface area contributed by atoms with E-state index in [1.165, 1.54) is 12.4 Å². The van der Waals surface area contributed by atoms with Crippen LogP contribution in [0.15, 0.2) is 78.0 Å². The second-order valence-corrected chi connectivity index (χ2v) is 13.1. The van der Waals surface area contributed by atoms with Gasteiger partial charge in [-0.15, -0.1) is 0 Å². The van der Waals surface area contributed by atoms with E-state index in [1.807, 2.05) is 57.2 Å². The van der Waals surface area contributed by atoms with Crippen molar-refractivity contribution in [2.75, 3.05) is 0 Å². The molecule has 2 aromatic carbocycles. The third kappa shape index (κ3) is 4.58. The molecule has 5 rings (SSSR count). The highest BCUT2D eigenvalue weighted by Crippen LogP contribution is 2.28. The molecule has 0 aliphatic rings. The maximum atomic E-state index is 13.5. The van der Waals surface area contributed by atoms with E-state index in [2.05, 4.69) is 30.7 Å². The van der Waals surface area contributed by atoms with Crippen LogP contribution in [0.2, 0.25) is 0 Å². The molecule has 3 heterocycles. The number of hydrogen-bond donors (Lipinski definition) is 0. The Morgan fingerprint density at radius 3 is 2.26 bits per heavy atom. The predicted octanol–water partition coefficient (Wildman–Crippen LogP) is 5.87. The third-order valence-electron chi connectivity index (χ3n) is 6.17. The van der Waals surface area contributed by atoms with Gasteiger partial charge < -0.3 is 4.74 Å². The SMILES string of the molecule is CC(C)(C)OC(=O)c1cc2ccccc2n1-c1cnc2c(ccn2S(=O)(=O)c2ccc(C(C)(C)C)cc2)n1. The third-order valence-corrected chi connectivity index (χ3v) is 7.85. The molecule has 9 heteroatoms. The number of esters is 1. The Kier molecular flexibility index (Phi) is 5.94. The summed E-state index contributed by atoms with van der Waals surface area (Å²) in [5, 5.41) is 0.842. The van der Waals surface area contributed by atoms with E-state index in [9.17, 15) is 13.2 Å². The molecule has 5 aromatic rings. The summed E-state index contributed by atoms with van der Waals surface area (Å²) in [4.78, 5) is 22.4. The lowest BCUT2D eigenvalue weighted by atomic mass is 9.87. The summed E-state index contributed by atoms with van der Waals surface area (Å²) in [5.41, 5.74) is 1.91. The zero-order valence-corrected chi connectivity index (χ0v) is 23.1. The highest BCUT2D eigenvalue weighted by Gasteiger charge is 2.25. The van der Waals surface area contributed by atoms with Crippen molar-refractivity contribution in [1.29, 1.82) is 0 Å². The Labute approximate surface area is 222 Å². The predicted molar refractivity (Wildman–Crippen MR) is 147 cm³/mol. The Bertz CT molecular complexity index is 1780. The fourth-order valence-electron chi connectivity index (χ4n) is 4.30. The molecule has 0 saturated carbocycles. The molecule has 0 aliphatic heterocycles. The summed E-state index contributed by atoms with van der Waals surface area (Å²) >= 11 is 0. The van der Waals surface area contributed by atoms with Gasteiger partial charge in [0.15, 0.2) is 11.5 Å². The van der Waals surface area contributed by atoms with E-state index in [-0.39, 0.29) is 16.0 Å². The van der Waals surface area contributed by atoms with Crippen LogP contribution in [0.3, 0.4) is 0 Å². The van der Waals surface area contributed by atoms with E-state index in [0.717, 1.165) is 20.4 Å². The maximum Gasteiger partial charge on any atom is 0.355 e. The quantitative estimate of drug-likeness (QED) is 0.270. The molecule has 0 atom stereocenters. The number of benzene rings is 2. The summed E-state index contributed by atoms with van der Waals surface area (Å²) in [5.74, 6) is -0.112. The maximum absolute atomic E-state index is 13.5. The van der Waals surface area contributed by atoms with Crippen molar-refractivity contribution in [3.8, 4) is 5.82 Å². The second kappa shape index (κ2) is 8.80. The van der Waals surface area contributed by atoms with Gasteiger partial charge in [-0.1, -0.05) is 51.1 Å². The molecule has 0 saturated heterocycles. The number of fused-ring (bicyclic) bond motifs is 2. The normalized spacial score (nSPS) is 12.8. The summed E-state index contributed by atoms with van der Waals surface area (Å²) in [6.45, 7) is 11.7. The fourth-order valence-corrected chi connectivity index (χ4v) is 5.60. The standard InChI is InChI=1S/C29H30N4O4S/c1-28(2,3)20-11-13-21(14-12-20)38(35,36)32-16-15-22-26(32)30-18-25(31-22)33-23-10-8-7-9-19(23)17-24(33)27(34)37-29(4,5)6/h7-18H,1-6H3. The van der Waals surface area contributed by atoms with Gasteiger partial charge in [-0.3, -0.25) is 4.57 Å². The molecule has 0 radical (unpaired) electrons. The van der Waals surface area contributed by atoms with Crippen molar-refractivity contribution in [1.82, 2.24) is 18.5 Å². The van der Waals surface area contributed by atoms with Gasteiger partial charge in [0.2, 0.25) is 0 Å². The molecule has 0 N–H and O–H groups in total. The number of carbonyl (C=O) groups excluding carboxylic acids is 1. The lowest BCUT2D eigenvalue weighted by Crippen LogP contribution is -2.25. The topological polar surface area (TPSA) is 96.1 Å². The number of para-hydroxylation sites is 1. The van der Waals surface area contributed by atoms with Crippen LogP contribution in [-0.2, 0) is 20.2 Å². The van der Waals surface area contributed by atoms with Crippen molar-refractivity contribution in [3.63, 3.8) is 0 Å². The first kappa shape index (κ1) is 25.7. The largest absolute Gasteiger partial charge is 0.455 e. The number of carbonyl (C=O) groups is 1. The van der Waals surface area contributed by atoms with Gasteiger partial charge in [0, 0.05) is 11.6 Å². The lowest BCUT2D eigenvalue weighted by molar-refractivity contribution is 0.00608. The highest BCUT2D eigenvalue weighted by molar-refractivity contribution is 7.90. The molecule has 0 amide bonds. The monoisotopic (exact) mass is 530 g/mol. The van der Waals surface area contributed by atoms with Crippen LogP contribution in [-0.4, -0.2) is 38.5 Å². The molecule has 8 nitrogen and oxygen atoms in total. The minimum absolute atomic E-state index is 0.0922. The van der Waals surface area contributed by atoms with Gasteiger partial charge >= 0.3 is 5.97 Å². The van der Waals surface area contributed by atoms with Crippen molar-refractivity contribution >= 4 is 38.1 Å². The number of ether oxygens (including phenoxy) is 1. The van der Waals surface area contributed by atoms with Crippen LogP contribution < -0.4 is 0 Å². The molecule has 0 fully saturated rings. The summed E-state index contributed by atoms with van der Waals surface area (Å²) in [7, 11) is -3.89. The fraction of sp³-hybridized carbons (Fsp3) is 0.276. The number of nitrogens with zero attached hydrogens (tertiary/aromatic N) is 4. The van der Waals surface area contributed by atoms with Crippen LogP contribution in [0, 0.1) is 0 Å². The van der Waals surface area contributed by atoms with Crippen LogP contribution in [0.4, 0.5) is 0 Å². The van der Waals surface area contributed by atoms with Gasteiger partial charge in [-0.05, 0) is 62.1 Å². The zero-order valence-electron chi connectivity index (χ0n) is 22.3. The molecule has 0 bridgehead atoms. The first-order chi connectivity index (χ1) is 17.8. The van der Waals surface area contributed by atoms with Crippen LogP contribution >= 0.6 is 0 Å². The van der Waals surface area contributed by atoms with Crippen molar-refractivity contribution in [3.05, 3.63) is 84.3 Å². The minimum atomic E-state index is -3.89. The number of hydrogen-bond acceptors (Lipinski definition) is 6. The first-order valence-corrected chi connectivity index (χ1v) is 13.7. The zero-order chi connectivity index (χ0) is 27.5. The Morgan fingerprint density at radius 2 is 1.61 bits per heavy atom. The minimum Gasteiger partial charge on any atom is -0.455 e. The molecule has 0 spiro atoms. The molecular weight excluding hydrogens is 500 g/mol. The first-order valence-electron chi connectivity index (χ1n) is 12.3. The molecule has 3 aromatic heterocycles. The van der Waals surface area contributed by atoms with Crippen molar-refractivity contribution in [2.45, 2.75) is 57.5 Å². The van der Waals surface area contributed by atoms with E-state index >= 15 is 0 Å². The van der Waals surface area contributed by atoms with Crippen molar-refractivity contribution in [2.24, 2.45) is 0 Å². The van der Waals surface area contributed by atoms with Gasteiger partial charge in [0.1, 0.15) is 16.8 Å². The molecule has 38 heavy (non-hydrogen) atoms. The van der Waals surface area contributed by atoms with Crippen molar-refractivity contribution < 1.29 is 17.9 Å². The number of rotatable bonds is 4. The van der Waals surface area contributed by atoms with Gasteiger partial charge in [0.25, 0.3) is 10.0 Å². The van der Waals surface area contributed by atoms with E-state index < -0.39 is 21.6 Å². The average molecular weight is 531 g/mol. The summed E-state index contributed by atoms with van der Waals surface area (Å²) in [6.07, 6.45) is 2.92. The average Bonchev–Trinajstić information content (AvgIpc) is 3.44. The molecule has 196 valence electrons. The van der Waals surface area contributed by atoms with Gasteiger partial charge in [-0.2, -0.15) is 0 Å². The Morgan fingerprint density at radius 1 is 0.921 bits per heavy atom. The summed E-state index contributed by atoms with van der Waals surface area (Å²) in [6, 6.07) is 17.8. The molecular formula is C29H30N4O4S. The Hall–Kier alpha value is -3.98. The highest BCUT2D eigenvalue weighted by atomic mass is 32.2. The van der Waals surface area contributed by atoms with E-state index in [1.54, 1.807) is 28.8 Å². The van der Waals surface area contributed by atoms with E-state index in [0.29, 0.717) is 17.0 Å². The van der Waals surface area contributed by atoms with Crippen LogP contribution in [0.25, 0.3) is 27.9 Å². The summed E-state index contributed by atoms with van der Waals surface area (Å²) < 4.78 is 35.4. The van der Waals surface area contributed by atoms with Crippen LogP contribution in [0.5, 0.6) is 0 Å². The molecule has 0 aliphatic carbocycles. The second-order valence-electron chi connectivity index (χ2n) is 11.3. The lowest BCUT2D eigenvalue weighted by Gasteiger charge is -2.20.